The van der Waals surface area contributed by atoms with E-state index in [1.165, 1.54) is 6.07 Å². The fourth-order valence-electron chi connectivity index (χ4n) is 1.82. The van der Waals surface area contributed by atoms with E-state index in [2.05, 4.69) is 10.3 Å². The van der Waals surface area contributed by atoms with Gasteiger partial charge in [0, 0.05) is 29.7 Å². The number of hydrogen-bond donors (Lipinski definition) is 3. The molecule has 1 aromatic heterocycles. The number of anilines is 2. The second-order valence-electron chi connectivity index (χ2n) is 4.44. The molecule has 0 aliphatic carbocycles. The lowest BCUT2D eigenvalue weighted by Crippen LogP contribution is -2.17. The highest BCUT2D eigenvalue weighted by atomic mass is 35.5. The van der Waals surface area contributed by atoms with Crippen LogP contribution in [0.3, 0.4) is 0 Å². The van der Waals surface area contributed by atoms with Crippen molar-refractivity contribution in [2.75, 3.05) is 17.6 Å². The molecule has 0 aliphatic rings. The highest BCUT2D eigenvalue weighted by Crippen LogP contribution is 2.30. The van der Waals surface area contributed by atoms with E-state index in [0.717, 1.165) is 5.01 Å². The van der Waals surface area contributed by atoms with E-state index in [-0.39, 0.29) is 5.92 Å². The maximum Gasteiger partial charge on any atom is 0.250 e. The van der Waals surface area contributed by atoms with Crippen molar-refractivity contribution in [2.45, 2.75) is 12.8 Å². The average Bonchev–Trinajstić information content (AvgIpc) is 2.90. The summed E-state index contributed by atoms with van der Waals surface area (Å²) >= 11 is 7.71. The smallest absolute Gasteiger partial charge is 0.250 e. The van der Waals surface area contributed by atoms with Gasteiger partial charge >= 0.3 is 0 Å². The van der Waals surface area contributed by atoms with Gasteiger partial charge in [0.1, 0.15) is 0 Å². The number of benzene rings is 1. The van der Waals surface area contributed by atoms with Crippen LogP contribution in [0, 0.1) is 0 Å². The number of primary amides is 1. The van der Waals surface area contributed by atoms with E-state index in [1.54, 1.807) is 23.6 Å². The second kappa shape index (κ2) is 6.11. The van der Waals surface area contributed by atoms with Crippen molar-refractivity contribution >= 4 is 40.2 Å². The molecule has 0 bridgehead atoms. The molecule has 0 saturated carbocycles. The summed E-state index contributed by atoms with van der Waals surface area (Å²) in [6.45, 7) is 2.64. The standard InChI is InChI=1S/C13H15ClN4OS/c1-7(13-17-2-3-20-13)6-18-11-9(12(16)19)4-8(15)5-10(11)14/h2-5,7,18H,6,15H2,1H3,(H2,16,19). The lowest BCUT2D eigenvalue weighted by molar-refractivity contribution is 0.100. The summed E-state index contributed by atoms with van der Waals surface area (Å²) in [6.07, 6.45) is 1.77. The van der Waals surface area contributed by atoms with Gasteiger partial charge in [-0.15, -0.1) is 11.3 Å². The minimum Gasteiger partial charge on any atom is -0.399 e. The first-order valence-electron chi connectivity index (χ1n) is 6.01. The normalized spacial score (nSPS) is 12.1. The van der Waals surface area contributed by atoms with Crippen LogP contribution in [0.15, 0.2) is 23.7 Å². The molecule has 106 valence electrons. The predicted molar refractivity (Wildman–Crippen MR) is 83.4 cm³/mol. The first-order valence-corrected chi connectivity index (χ1v) is 7.27. The van der Waals surface area contributed by atoms with Crippen molar-refractivity contribution in [2.24, 2.45) is 5.73 Å². The van der Waals surface area contributed by atoms with Crippen molar-refractivity contribution in [3.05, 3.63) is 39.3 Å². The molecule has 0 aliphatic heterocycles. The third kappa shape index (κ3) is 3.20. The van der Waals surface area contributed by atoms with Gasteiger partial charge in [-0.05, 0) is 12.1 Å². The van der Waals surface area contributed by atoms with Crippen LogP contribution < -0.4 is 16.8 Å². The Morgan fingerprint density at radius 3 is 2.90 bits per heavy atom. The molecular formula is C13H15ClN4OS. The molecule has 1 aromatic carbocycles. The summed E-state index contributed by atoms with van der Waals surface area (Å²) in [6, 6.07) is 3.11. The largest absolute Gasteiger partial charge is 0.399 e. The minimum atomic E-state index is -0.566. The number of thiazole rings is 1. The topological polar surface area (TPSA) is 94.0 Å². The molecule has 2 rings (SSSR count). The number of nitrogens with one attached hydrogen (secondary N) is 1. The Balaban J connectivity index is 2.19. The highest BCUT2D eigenvalue weighted by Gasteiger charge is 2.15. The molecule has 20 heavy (non-hydrogen) atoms. The molecule has 5 nitrogen and oxygen atoms in total. The van der Waals surface area contributed by atoms with E-state index < -0.39 is 5.91 Å². The number of nitrogen functional groups attached to an aromatic ring is 1. The van der Waals surface area contributed by atoms with Crippen molar-refractivity contribution in [1.82, 2.24) is 4.98 Å². The lowest BCUT2D eigenvalue weighted by atomic mass is 10.1. The zero-order valence-electron chi connectivity index (χ0n) is 10.9. The second-order valence-corrected chi connectivity index (χ2v) is 5.78. The Morgan fingerprint density at radius 2 is 2.30 bits per heavy atom. The fourth-order valence-corrected chi connectivity index (χ4v) is 2.82. The van der Waals surface area contributed by atoms with Crippen LogP contribution in [0.5, 0.6) is 0 Å². The molecule has 7 heteroatoms. The molecule has 0 radical (unpaired) electrons. The summed E-state index contributed by atoms with van der Waals surface area (Å²) in [5.41, 5.74) is 12.2. The maximum atomic E-state index is 11.5. The van der Waals surface area contributed by atoms with Crippen LogP contribution in [0.2, 0.25) is 5.02 Å². The van der Waals surface area contributed by atoms with Crippen molar-refractivity contribution in [3.63, 3.8) is 0 Å². The Bertz CT molecular complexity index is 615. The number of nitrogens with two attached hydrogens (primary N) is 2. The summed E-state index contributed by atoms with van der Waals surface area (Å²) in [5.74, 6) is -0.368. The third-order valence-electron chi connectivity index (χ3n) is 2.84. The summed E-state index contributed by atoms with van der Waals surface area (Å²) in [5, 5.41) is 6.48. The number of carbonyl (C=O) groups excluding carboxylic acids is 1. The average molecular weight is 311 g/mol. The molecule has 0 saturated heterocycles. The molecule has 1 heterocycles. The predicted octanol–water partition coefficient (Wildman–Crippen LogP) is 2.69. The first-order chi connectivity index (χ1) is 9.49. The monoisotopic (exact) mass is 310 g/mol. The number of carbonyl (C=O) groups is 1. The number of aromatic nitrogens is 1. The van der Waals surface area contributed by atoms with Crippen LogP contribution >= 0.6 is 22.9 Å². The van der Waals surface area contributed by atoms with Gasteiger partial charge in [-0.2, -0.15) is 0 Å². The quantitative estimate of drug-likeness (QED) is 0.740. The van der Waals surface area contributed by atoms with Gasteiger partial charge in [-0.25, -0.2) is 4.98 Å². The number of nitrogens with zero attached hydrogens (tertiary/aromatic N) is 1. The van der Waals surface area contributed by atoms with Crippen molar-refractivity contribution in [3.8, 4) is 0 Å². The number of rotatable bonds is 5. The molecule has 2 aromatic rings. The van der Waals surface area contributed by atoms with Crippen LogP contribution in [0.4, 0.5) is 11.4 Å². The van der Waals surface area contributed by atoms with Gasteiger partial charge in [-0.3, -0.25) is 4.79 Å². The van der Waals surface area contributed by atoms with E-state index >= 15 is 0 Å². The number of hydrogen-bond acceptors (Lipinski definition) is 5. The molecule has 1 amide bonds. The van der Waals surface area contributed by atoms with E-state index in [1.807, 2.05) is 12.3 Å². The van der Waals surface area contributed by atoms with Gasteiger partial charge in [0.15, 0.2) is 0 Å². The van der Waals surface area contributed by atoms with Crippen LogP contribution in [-0.4, -0.2) is 17.4 Å². The summed E-state index contributed by atoms with van der Waals surface area (Å²) in [4.78, 5) is 15.7. The van der Waals surface area contributed by atoms with Gasteiger partial charge in [-0.1, -0.05) is 18.5 Å². The Labute approximate surface area is 126 Å². The number of amides is 1. The fraction of sp³-hybridized carbons (Fsp3) is 0.231. The summed E-state index contributed by atoms with van der Waals surface area (Å²) in [7, 11) is 0. The van der Waals surface area contributed by atoms with Crippen LogP contribution in [0.1, 0.15) is 28.2 Å². The van der Waals surface area contributed by atoms with E-state index in [4.69, 9.17) is 23.1 Å². The molecule has 1 unspecified atom stereocenters. The molecule has 0 spiro atoms. The van der Waals surface area contributed by atoms with Crippen LogP contribution in [0.25, 0.3) is 0 Å². The Morgan fingerprint density at radius 1 is 1.55 bits per heavy atom. The molecule has 0 fully saturated rings. The van der Waals surface area contributed by atoms with E-state index in [0.29, 0.717) is 28.5 Å². The SMILES string of the molecule is CC(CNc1c(Cl)cc(N)cc1C(N)=O)c1nccs1. The van der Waals surface area contributed by atoms with Crippen molar-refractivity contribution < 1.29 is 4.79 Å². The lowest BCUT2D eigenvalue weighted by Gasteiger charge is -2.15. The van der Waals surface area contributed by atoms with Gasteiger partial charge in [0.2, 0.25) is 0 Å². The Hall–Kier alpha value is -1.79. The highest BCUT2D eigenvalue weighted by molar-refractivity contribution is 7.09. The first kappa shape index (κ1) is 14.6. The molecule has 5 N–H and O–H groups in total. The molecular weight excluding hydrogens is 296 g/mol. The van der Waals surface area contributed by atoms with Crippen molar-refractivity contribution in [1.29, 1.82) is 0 Å². The minimum absolute atomic E-state index is 0.198. The number of halogens is 1. The maximum absolute atomic E-state index is 11.5. The summed E-state index contributed by atoms with van der Waals surface area (Å²) < 4.78 is 0. The van der Waals surface area contributed by atoms with Gasteiger partial charge < -0.3 is 16.8 Å². The zero-order chi connectivity index (χ0) is 14.7. The molecule has 1 atom stereocenters. The third-order valence-corrected chi connectivity index (χ3v) is 4.14. The Kier molecular flexibility index (Phi) is 4.46. The zero-order valence-corrected chi connectivity index (χ0v) is 12.5. The van der Waals surface area contributed by atoms with E-state index in [9.17, 15) is 4.79 Å². The van der Waals surface area contributed by atoms with Gasteiger partial charge in [0.05, 0.1) is 21.3 Å². The van der Waals surface area contributed by atoms with Gasteiger partial charge in [0.25, 0.3) is 5.91 Å². The van der Waals surface area contributed by atoms with Crippen LogP contribution in [-0.2, 0) is 0 Å².